The van der Waals surface area contributed by atoms with Crippen LogP contribution >= 0.6 is 15.9 Å². The zero-order valence-corrected chi connectivity index (χ0v) is 14.3. The largest absolute Gasteiger partial charge is 0.364 e. The lowest BCUT2D eigenvalue weighted by molar-refractivity contribution is 0.252. The highest BCUT2D eigenvalue weighted by molar-refractivity contribution is 9.10. The van der Waals surface area contributed by atoms with Gasteiger partial charge in [0.2, 0.25) is 0 Å². The van der Waals surface area contributed by atoms with Gasteiger partial charge in [-0.05, 0) is 53.4 Å². The number of nitrogens with one attached hydrogen (secondary N) is 1. The highest BCUT2D eigenvalue weighted by Crippen LogP contribution is 2.34. The van der Waals surface area contributed by atoms with Crippen LogP contribution in [0.1, 0.15) is 34.1 Å². The van der Waals surface area contributed by atoms with Crippen molar-refractivity contribution >= 4 is 21.6 Å². The Bertz CT molecular complexity index is 478. The lowest BCUT2D eigenvalue weighted by Gasteiger charge is -2.49. The fourth-order valence-corrected chi connectivity index (χ4v) is 3.29. The van der Waals surface area contributed by atoms with E-state index in [0.717, 1.165) is 29.7 Å². The Morgan fingerprint density at radius 3 is 2.80 bits per heavy atom. The van der Waals surface area contributed by atoms with Crippen LogP contribution in [-0.4, -0.2) is 24.7 Å². The molecule has 1 heterocycles. The Balaban J connectivity index is 2.39. The minimum absolute atomic E-state index is 0.0805. The molecule has 0 radical (unpaired) electrons. The van der Waals surface area contributed by atoms with Gasteiger partial charge in [-0.3, -0.25) is 0 Å². The molecule has 1 aliphatic rings. The summed E-state index contributed by atoms with van der Waals surface area (Å²) in [5.74, 6) is 0.335. The molecule has 2 atom stereocenters. The summed E-state index contributed by atoms with van der Waals surface area (Å²) in [7, 11) is 0. The standard InChI is InChI=1S/C16H24BrFN2/c1-5-16(4)10-20(15(9-19-16)11(2)3)14-8-12(18)6-7-13(14)17/h6-8,11,15,19H,5,9-10H2,1-4H3. The topological polar surface area (TPSA) is 15.3 Å². The molecule has 0 saturated carbocycles. The quantitative estimate of drug-likeness (QED) is 0.885. The first-order chi connectivity index (χ1) is 9.36. The maximum absolute atomic E-state index is 13.6. The molecule has 1 fully saturated rings. The number of halogens is 2. The molecule has 1 aromatic carbocycles. The fourth-order valence-electron chi connectivity index (χ4n) is 2.81. The zero-order valence-electron chi connectivity index (χ0n) is 12.7. The summed E-state index contributed by atoms with van der Waals surface area (Å²) in [5, 5.41) is 3.66. The van der Waals surface area contributed by atoms with Crippen LogP contribution in [0.3, 0.4) is 0 Å². The third kappa shape index (κ3) is 3.17. The molecule has 1 aromatic rings. The number of hydrogen-bond donors (Lipinski definition) is 1. The molecule has 1 N–H and O–H groups in total. The SMILES string of the molecule is CCC1(C)CN(c2cc(F)ccc2Br)C(C(C)C)CN1. The van der Waals surface area contributed by atoms with Crippen LogP contribution in [0.2, 0.25) is 0 Å². The molecule has 0 aliphatic carbocycles. The molecular weight excluding hydrogens is 319 g/mol. The second-order valence-corrected chi connectivity index (χ2v) is 7.18. The Morgan fingerprint density at radius 2 is 2.20 bits per heavy atom. The van der Waals surface area contributed by atoms with Gasteiger partial charge in [0.05, 0.1) is 5.69 Å². The van der Waals surface area contributed by atoms with E-state index < -0.39 is 0 Å². The van der Waals surface area contributed by atoms with Gasteiger partial charge in [-0.15, -0.1) is 0 Å². The maximum atomic E-state index is 13.6. The molecule has 0 bridgehead atoms. The van der Waals surface area contributed by atoms with Crippen molar-refractivity contribution in [3.05, 3.63) is 28.5 Å². The van der Waals surface area contributed by atoms with Crippen LogP contribution in [0, 0.1) is 11.7 Å². The number of anilines is 1. The van der Waals surface area contributed by atoms with E-state index in [-0.39, 0.29) is 11.4 Å². The molecule has 0 spiro atoms. The third-order valence-electron chi connectivity index (χ3n) is 4.43. The van der Waals surface area contributed by atoms with E-state index in [1.165, 1.54) is 6.07 Å². The van der Waals surface area contributed by atoms with Gasteiger partial charge in [-0.25, -0.2) is 4.39 Å². The van der Waals surface area contributed by atoms with Gasteiger partial charge in [0.25, 0.3) is 0 Å². The normalized spacial score (nSPS) is 27.1. The lowest BCUT2D eigenvalue weighted by atomic mass is 9.89. The van der Waals surface area contributed by atoms with E-state index in [4.69, 9.17) is 0 Å². The monoisotopic (exact) mass is 342 g/mol. The number of piperazine rings is 1. The Kier molecular flexibility index (Phi) is 4.75. The first-order valence-corrected chi connectivity index (χ1v) is 8.12. The molecule has 2 unspecified atom stereocenters. The average Bonchev–Trinajstić information content (AvgIpc) is 2.41. The lowest BCUT2D eigenvalue weighted by Crippen LogP contribution is -2.64. The van der Waals surface area contributed by atoms with Gasteiger partial charge in [-0.2, -0.15) is 0 Å². The van der Waals surface area contributed by atoms with E-state index in [1.807, 2.05) is 0 Å². The minimum Gasteiger partial charge on any atom is -0.364 e. The molecule has 1 saturated heterocycles. The van der Waals surface area contributed by atoms with Gasteiger partial charge in [0, 0.05) is 29.1 Å². The summed E-state index contributed by atoms with van der Waals surface area (Å²) < 4.78 is 14.6. The number of benzene rings is 1. The van der Waals surface area contributed by atoms with Crippen LogP contribution in [0.25, 0.3) is 0 Å². The first-order valence-electron chi connectivity index (χ1n) is 7.33. The fraction of sp³-hybridized carbons (Fsp3) is 0.625. The van der Waals surface area contributed by atoms with Gasteiger partial charge in [0.1, 0.15) is 5.82 Å². The molecular formula is C16H24BrFN2. The smallest absolute Gasteiger partial charge is 0.125 e. The summed E-state index contributed by atoms with van der Waals surface area (Å²) in [6, 6.07) is 5.32. The average molecular weight is 343 g/mol. The Morgan fingerprint density at radius 1 is 1.50 bits per heavy atom. The van der Waals surface area contributed by atoms with E-state index in [1.54, 1.807) is 12.1 Å². The van der Waals surface area contributed by atoms with E-state index in [0.29, 0.717) is 12.0 Å². The van der Waals surface area contributed by atoms with Crippen LogP contribution < -0.4 is 10.2 Å². The highest BCUT2D eigenvalue weighted by atomic mass is 79.9. The van der Waals surface area contributed by atoms with Gasteiger partial charge >= 0.3 is 0 Å². The van der Waals surface area contributed by atoms with Gasteiger partial charge in [-0.1, -0.05) is 20.8 Å². The van der Waals surface area contributed by atoms with Crippen molar-refractivity contribution in [2.75, 3.05) is 18.0 Å². The highest BCUT2D eigenvalue weighted by Gasteiger charge is 2.36. The van der Waals surface area contributed by atoms with Crippen molar-refractivity contribution in [3.8, 4) is 0 Å². The van der Waals surface area contributed by atoms with Crippen LogP contribution in [-0.2, 0) is 0 Å². The number of nitrogens with zero attached hydrogens (tertiary/aromatic N) is 1. The summed E-state index contributed by atoms with van der Waals surface area (Å²) in [4.78, 5) is 2.36. The molecule has 112 valence electrons. The van der Waals surface area contributed by atoms with Gasteiger partial charge < -0.3 is 10.2 Å². The maximum Gasteiger partial charge on any atom is 0.125 e. The summed E-state index contributed by atoms with van der Waals surface area (Å²) in [6.45, 7) is 10.7. The van der Waals surface area contributed by atoms with Crippen molar-refractivity contribution in [2.45, 2.75) is 45.7 Å². The van der Waals surface area contributed by atoms with Crippen molar-refractivity contribution in [1.82, 2.24) is 5.32 Å². The van der Waals surface area contributed by atoms with Crippen molar-refractivity contribution in [2.24, 2.45) is 5.92 Å². The van der Waals surface area contributed by atoms with Crippen LogP contribution in [0.15, 0.2) is 22.7 Å². The summed E-state index contributed by atoms with van der Waals surface area (Å²) in [5.41, 5.74) is 1.04. The molecule has 0 aromatic heterocycles. The molecule has 0 amide bonds. The van der Waals surface area contributed by atoms with Crippen molar-refractivity contribution < 1.29 is 4.39 Å². The number of rotatable bonds is 3. The second-order valence-electron chi connectivity index (χ2n) is 6.33. The molecule has 2 rings (SSSR count). The summed E-state index contributed by atoms with van der Waals surface area (Å²) >= 11 is 3.57. The van der Waals surface area contributed by atoms with Crippen LogP contribution in [0.4, 0.5) is 10.1 Å². The van der Waals surface area contributed by atoms with Crippen LogP contribution in [0.5, 0.6) is 0 Å². The molecule has 2 nitrogen and oxygen atoms in total. The number of hydrogen-bond acceptors (Lipinski definition) is 2. The van der Waals surface area contributed by atoms with E-state index in [2.05, 4.69) is 53.8 Å². The predicted molar refractivity (Wildman–Crippen MR) is 86.8 cm³/mol. The minimum atomic E-state index is -0.178. The second kappa shape index (κ2) is 6.02. The molecule has 20 heavy (non-hydrogen) atoms. The first kappa shape index (κ1) is 15.8. The van der Waals surface area contributed by atoms with E-state index in [9.17, 15) is 4.39 Å². The Labute approximate surface area is 129 Å². The van der Waals surface area contributed by atoms with E-state index >= 15 is 0 Å². The summed E-state index contributed by atoms with van der Waals surface area (Å²) in [6.07, 6.45) is 1.06. The zero-order chi connectivity index (χ0) is 14.9. The Hall–Kier alpha value is -0.610. The molecule has 1 aliphatic heterocycles. The van der Waals surface area contributed by atoms with Gasteiger partial charge in [0.15, 0.2) is 0 Å². The van der Waals surface area contributed by atoms with Crippen molar-refractivity contribution in [3.63, 3.8) is 0 Å². The molecule has 4 heteroatoms. The predicted octanol–water partition coefficient (Wildman–Crippen LogP) is 4.19. The third-order valence-corrected chi connectivity index (χ3v) is 5.10. The van der Waals surface area contributed by atoms with Crippen molar-refractivity contribution in [1.29, 1.82) is 0 Å².